The molecule has 0 radical (unpaired) electrons. The first-order valence-corrected chi connectivity index (χ1v) is 6.38. The van der Waals surface area contributed by atoms with Gasteiger partial charge in [0, 0.05) is 16.7 Å². The van der Waals surface area contributed by atoms with Gasteiger partial charge in [-0.3, -0.25) is 4.79 Å². The Balaban J connectivity index is 2.77. The van der Waals surface area contributed by atoms with E-state index >= 15 is 0 Å². The van der Waals surface area contributed by atoms with Crippen molar-refractivity contribution in [1.82, 2.24) is 5.32 Å². The number of carbonyl (C=O) groups excluding carboxylic acids is 1. The van der Waals surface area contributed by atoms with E-state index in [2.05, 4.69) is 26.6 Å². The molecule has 3 nitrogen and oxygen atoms in total. The zero-order valence-electron chi connectivity index (χ0n) is 10.7. The van der Waals surface area contributed by atoms with Crippen molar-refractivity contribution in [2.45, 2.75) is 20.8 Å². The van der Waals surface area contributed by atoms with E-state index < -0.39 is 5.41 Å². The van der Waals surface area contributed by atoms with Gasteiger partial charge >= 0.3 is 0 Å². The molecule has 1 aromatic rings. The highest BCUT2D eigenvalue weighted by Gasteiger charge is 2.26. The third-order valence-electron chi connectivity index (χ3n) is 2.65. The maximum atomic E-state index is 12.1. The van der Waals surface area contributed by atoms with Gasteiger partial charge in [-0.25, -0.2) is 0 Å². The van der Waals surface area contributed by atoms with Crippen molar-refractivity contribution >= 4 is 27.5 Å². The van der Waals surface area contributed by atoms with Crippen LogP contribution in [0.25, 0.3) is 0 Å². The fourth-order valence-electron chi connectivity index (χ4n) is 1.54. The Morgan fingerprint density at radius 3 is 2.59 bits per heavy atom. The minimum Gasteiger partial charge on any atom is -0.326 e. The first-order chi connectivity index (χ1) is 7.86. The fourth-order valence-corrected chi connectivity index (χ4v) is 1.79. The molecule has 0 aliphatic rings. The summed E-state index contributed by atoms with van der Waals surface area (Å²) >= 11 is 3.44. The predicted octanol–water partition coefficient (Wildman–Crippen LogP) is 2.94. The summed E-state index contributed by atoms with van der Waals surface area (Å²) in [5.41, 5.74) is 1.52. The normalized spacial score (nSPS) is 11.4. The molecule has 0 aromatic heterocycles. The molecule has 17 heavy (non-hydrogen) atoms. The van der Waals surface area contributed by atoms with Crippen molar-refractivity contribution in [2.75, 3.05) is 18.9 Å². The van der Waals surface area contributed by atoms with Crippen molar-refractivity contribution in [3.63, 3.8) is 0 Å². The van der Waals surface area contributed by atoms with Crippen LogP contribution >= 0.6 is 15.9 Å². The van der Waals surface area contributed by atoms with E-state index in [1.54, 1.807) is 0 Å². The van der Waals surface area contributed by atoms with E-state index in [-0.39, 0.29) is 5.91 Å². The molecule has 1 amide bonds. The Kier molecular flexibility index (Phi) is 4.71. The molecule has 0 bridgehead atoms. The number of nitrogens with one attached hydrogen (secondary N) is 2. The molecule has 0 aliphatic heterocycles. The van der Waals surface area contributed by atoms with Gasteiger partial charge in [0.1, 0.15) is 0 Å². The lowest BCUT2D eigenvalue weighted by Gasteiger charge is -2.23. The number of halogens is 1. The number of hydrogen-bond donors (Lipinski definition) is 2. The molecular weight excluding hydrogens is 280 g/mol. The number of anilines is 1. The highest BCUT2D eigenvalue weighted by Crippen LogP contribution is 2.22. The van der Waals surface area contributed by atoms with Crippen LogP contribution in [0.5, 0.6) is 0 Å². The summed E-state index contributed by atoms with van der Waals surface area (Å²) in [6, 6.07) is 5.79. The van der Waals surface area contributed by atoms with Crippen LogP contribution in [0.4, 0.5) is 5.69 Å². The molecule has 0 unspecified atom stereocenters. The molecule has 4 heteroatoms. The second-order valence-corrected chi connectivity index (χ2v) is 5.69. The van der Waals surface area contributed by atoms with Gasteiger partial charge < -0.3 is 10.6 Å². The van der Waals surface area contributed by atoms with Gasteiger partial charge in [-0.1, -0.05) is 15.9 Å². The highest BCUT2D eigenvalue weighted by molar-refractivity contribution is 9.10. The lowest BCUT2D eigenvalue weighted by atomic mass is 9.92. The molecule has 1 aromatic carbocycles. The highest BCUT2D eigenvalue weighted by atomic mass is 79.9. The minimum atomic E-state index is -0.421. The third kappa shape index (κ3) is 3.82. The van der Waals surface area contributed by atoms with Crippen LogP contribution in [0.2, 0.25) is 0 Å². The van der Waals surface area contributed by atoms with Crippen LogP contribution in [0.15, 0.2) is 22.7 Å². The van der Waals surface area contributed by atoms with Gasteiger partial charge in [0.15, 0.2) is 0 Å². The summed E-state index contributed by atoms with van der Waals surface area (Å²) in [4.78, 5) is 12.1. The molecule has 0 atom stereocenters. The number of rotatable bonds is 4. The average molecular weight is 299 g/mol. The van der Waals surface area contributed by atoms with Crippen molar-refractivity contribution < 1.29 is 4.79 Å². The fraction of sp³-hybridized carbons (Fsp3) is 0.462. The van der Waals surface area contributed by atoms with E-state index in [0.717, 1.165) is 15.7 Å². The lowest BCUT2D eigenvalue weighted by molar-refractivity contribution is -0.123. The molecule has 0 saturated carbocycles. The number of benzene rings is 1. The van der Waals surface area contributed by atoms with E-state index in [4.69, 9.17) is 0 Å². The Hall–Kier alpha value is -0.870. The third-order valence-corrected chi connectivity index (χ3v) is 3.54. The first kappa shape index (κ1) is 14.2. The Morgan fingerprint density at radius 1 is 1.41 bits per heavy atom. The molecule has 94 valence electrons. The van der Waals surface area contributed by atoms with E-state index in [0.29, 0.717) is 6.54 Å². The second-order valence-electron chi connectivity index (χ2n) is 4.83. The van der Waals surface area contributed by atoms with Gasteiger partial charge in [0.25, 0.3) is 0 Å². The molecule has 0 heterocycles. The average Bonchev–Trinajstić information content (AvgIpc) is 2.23. The lowest BCUT2D eigenvalue weighted by Crippen LogP contribution is -2.38. The summed E-state index contributed by atoms with van der Waals surface area (Å²) in [7, 11) is 1.85. The van der Waals surface area contributed by atoms with Crippen molar-refractivity contribution in [1.29, 1.82) is 0 Å². The quantitative estimate of drug-likeness (QED) is 0.897. The van der Waals surface area contributed by atoms with Gasteiger partial charge in [-0.15, -0.1) is 0 Å². The number of aryl methyl sites for hydroxylation is 1. The zero-order valence-corrected chi connectivity index (χ0v) is 12.3. The SMILES string of the molecule is CNCC(C)(C)C(=O)Nc1ccc(Br)c(C)c1. The molecule has 0 spiro atoms. The number of amides is 1. The smallest absolute Gasteiger partial charge is 0.231 e. The van der Waals surface area contributed by atoms with Crippen LogP contribution in [0, 0.1) is 12.3 Å². The van der Waals surface area contributed by atoms with Crippen LogP contribution in [-0.4, -0.2) is 19.5 Å². The molecule has 1 rings (SSSR count). The summed E-state index contributed by atoms with van der Waals surface area (Å²) in [6.45, 7) is 6.49. The number of hydrogen-bond acceptors (Lipinski definition) is 2. The van der Waals surface area contributed by atoms with Gasteiger partial charge in [-0.2, -0.15) is 0 Å². The van der Waals surface area contributed by atoms with E-state index in [1.807, 2.05) is 46.0 Å². The van der Waals surface area contributed by atoms with Crippen LogP contribution in [0.1, 0.15) is 19.4 Å². The maximum absolute atomic E-state index is 12.1. The minimum absolute atomic E-state index is 0.0218. The summed E-state index contributed by atoms with van der Waals surface area (Å²) < 4.78 is 1.05. The first-order valence-electron chi connectivity index (χ1n) is 5.59. The Morgan fingerprint density at radius 2 is 2.06 bits per heavy atom. The number of carbonyl (C=O) groups is 1. The van der Waals surface area contributed by atoms with Crippen LogP contribution < -0.4 is 10.6 Å². The van der Waals surface area contributed by atoms with Crippen molar-refractivity contribution in [3.05, 3.63) is 28.2 Å². The van der Waals surface area contributed by atoms with Crippen molar-refractivity contribution in [3.8, 4) is 0 Å². The van der Waals surface area contributed by atoms with E-state index in [9.17, 15) is 4.79 Å². The summed E-state index contributed by atoms with van der Waals surface area (Å²) in [5.74, 6) is 0.0218. The van der Waals surface area contributed by atoms with E-state index in [1.165, 1.54) is 0 Å². The summed E-state index contributed by atoms with van der Waals surface area (Å²) in [6.07, 6.45) is 0. The molecule has 2 N–H and O–H groups in total. The molecular formula is C13H19BrN2O. The van der Waals surface area contributed by atoms with Gasteiger partial charge in [-0.05, 0) is 51.6 Å². The Labute approximate surface area is 111 Å². The molecule has 0 saturated heterocycles. The molecule has 0 aliphatic carbocycles. The largest absolute Gasteiger partial charge is 0.326 e. The van der Waals surface area contributed by atoms with Crippen LogP contribution in [0.3, 0.4) is 0 Å². The molecule has 0 fully saturated rings. The standard InChI is InChI=1S/C13H19BrN2O/c1-9-7-10(5-6-11(9)14)16-12(17)13(2,3)8-15-4/h5-7,15H,8H2,1-4H3,(H,16,17). The second kappa shape index (κ2) is 5.65. The van der Waals surface area contributed by atoms with Crippen LogP contribution in [-0.2, 0) is 4.79 Å². The van der Waals surface area contributed by atoms with Crippen molar-refractivity contribution in [2.24, 2.45) is 5.41 Å². The Bertz CT molecular complexity index is 416. The van der Waals surface area contributed by atoms with Gasteiger partial charge in [0.2, 0.25) is 5.91 Å². The zero-order chi connectivity index (χ0) is 13.1. The topological polar surface area (TPSA) is 41.1 Å². The monoisotopic (exact) mass is 298 g/mol. The maximum Gasteiger partial charge on any atom is 0.231 e. The summed E-state index contributed by atoms with van der Waals surface area (Å²) in [5, 5.41) is 5.96. The predicted molar refractivity (Wildman–Crippen MR) is 75.2 cm³/mol. The van der Waals surface area contributed by atoms with Gasteiger partial charge in [0.05, 0.1) is 5.41 Å².